The Hall–Kier alpha value is -4.51. The zero-order valence-corrected chi connectivity index (χ0v) is 17.8. The van der Waals surface area contributed by atoms with Crippen LogP contribution < -0.4 is 15.7 Å². The summed E-state index contributed by atoms with van der Waals surface area (Å²) >= 11 is 6.34. The summed E-state index contributed by atoms with van der Waals surface area (Å²) < 4.78 is 0. The fourth-order valence-corrected chi connectivity index (χ4v) is 3.33. The molecule has 0 saturated heterocycles. The van der Waals surface area contributed by atoms with E-state index in [0.717, 1.165) is 0 Å². The van der Waals surface area contributed by atoms with E-state index in [1.54, 1.807) is 30.3 Å². The van der Waals surface area contributed by atoms with E-state index in [2.05, 4.69) is 10.5 Å². The molecule has 0 atom stereocenters. The summed E-state index contributed by atoms with van der Waals surface area (Å²) in [4.78, 5) is 33.0. The van der Waals surface area contributed by atoms with Crippen molar-refractivity contribution in [3.05, 3.63) is 103 Å². The Morgan fingerprint density at radius 1 is 0.970 bits per heavy atom. The molecule has 1 N–H and O–H groups in total. The molecule has 0 amide bonds. The van der Waals surface area contributed by atoms with Crippen LogP contribution in [-0.2, 0) is 0 Å². The lowest BCUT2D eigenvalue weighted by atomic mass is 10.1. The molecule has 33 heavy (non-hydrogen) atoms. The van der Waals surface area contributed by atoms with E-state index in [4.69, 9.17) is 11.6 Å². The summed E-state index contributed by atoms with van der Waals surface area (Å²) in [5.41, 5.74) is 4.37. The minimum atomic E-state index is -0.555. The second-order valence-corrected chi connectivity index (χ2v) is 7.37. The highest BCUT2D eigenvalue weighted by molar-refractivity contribution is 6.33. The number of nitrogens with zero attached hydrogens (tertiary/aromatic N) is 5. The Labute approximate surface area is 191 Å². The van der Waals surface area contributed by atoms with Crippen LogP contribution in [0.15, 0.2) is 71.8 Å². The number of nitro groups is 2. The first-order valence-corrected chi connectivity index (χ1v) is 9.87. The second kappa shape index (κ2) is 8.55. The van der Waals surface area contributed by atoms with E-state index in [1.165, 1.54) is 53.6 Å². The van der Waals surface area contributed by atoms with Crippen LogP contribution in [0.1, 0.15) is 22.8 Å². The molecule has 0 aliphatic carbocycles. The lowest BCUT2D eigenvalue weighted by Crippen LogP contribution is -2.44. The number of hydrazine groups is 2. The van der Waals surface area contributed by atoms with Crippen LogP contribution in [0.2, 0.25) is 5.02 Å². The number of Topliss-reactive ketones (excluding diaryl/α,β-unsaturated/α-hetero) is 1. The van der Waals surface area contributed by atoms with Gasteiger partial charge in [-0.25, -0.2) is 0 Å². The molecular formula is C21H15ClN6O5. The second-order valence-electron chi connectivity index (χ2n) is 6.96. The summed E-state index contributed by atoms with van der Waals surface area (Å²) in [6.07, 6.45) is 0. The number of nitro benzene ring substituents is 2. The molecule has 166 valence electrons. The van der Waals surface area contributed by atoms with Gasteiger partial charge in [-0.1, -0.05) is 23.7 Å². The smallest absolute Gasteiger partial charge is 0.271 e. The normalized spacial score (nSPS) is 12.8. The molecule has 0 bridgehead atoms. The first-order chi connectivity index (χ1) is 15.7. The van der Waals surface area contributed by atoms with Crippen LogP contribution >= 0.6 is 11.6 Å². The number of hydrogen-bond acceptors (Lipinski definition) is 9. The number of ketones is 1. The molecule has 12 heteroatoms. The highest BCUT2D eigenvalue weighted by Gasteiger charge is 2.30. The van der Waals surface area contributed by atoms with Gasteiger partial charge in [0, 0.05) is 35.4 Å². The van der Waals surface area contributed by atoms with Crippen LogP contribution in [0, 0.1) is 20.2 Å². The summed E-state index contributed by atoms with van der Waals surface area (Å²) in [5, 5.41) is 29.9. The Balaban J connectivity index is 1.81. The van der Waals surface area contributed by atoms with Crippen molar-refractivity contribution in [2.45, 2.75) is 6.92 Å². The number of amidine groups is 1. The van der Waals surface area contributed by atoms with Gasteiger partial charge in [-0.2, -0.15) is 5.12 Å². The van der Waals surface area contributed by atoms with Gasteiger partial charge in [-0.05, 0) is 37.3 Å². The third kappa shape index (κ3) is 4.29. The molecule has 11 nitrogen and oxygen atoms in total. The van der Waals surface area contributed by atoms with Crippen molar-refractivity contribution >= 4 is 46.0 Å². The van der Waals surface area contributed by atoms with Crippen LogP contribution in [0.4, 0.5) is 22.7 Å². The first-order valence-electron chi connectivity index (χ1n) is 9.50. The molecule has 0 aromatic heterocycles. The molecule has 1 aliphatic heterocycles. The molecule has 1 aliphatic rings. The van der Waals surface area contributed by atoms with Crippen LogP contribution in [0.3, 0.4) is 0 Å². The number of non-ortho nitro benzene ring substituents is 2. The molecule has 1 heterocycles. The van der Waals surface area contributed by atoms with Crippen molar-refractivity contribution in [2.24, 2.45) is 5.10 Å². The molecular weight excluding hydrogens is 452 g/mol. The number of carbonyl (C=O) groups is 1. The molecule has 0 radical (unpaired) electrons. The standard InChI is InChI=1S/C21H15ClN6O5/c1-13(29)14-5-7-16(8-6-14)25-23-21(15-3-2-4-17(11-15)27(30)31)24-26(25)20-12-18(28(32)33)9-10-19(20)22/h2-12H,1H3,(H,23,24). The van der Waals surface area contributed by atoms with E-state index in [-0.39, 0.29) is 33.7 Å². The zero-order valence-electron chi connectivity index (χ0n) is 17.0. The van der Waals surface area contributed by atoms with E-state index in [9.17, 15) is 25.0 Å². The SMILES string of the molecule is CC(=O)c1ccc(N2NC(c3cccc([N+](=O)[O-])c3)=NN2c2cc([N+](=O)[O-])ccc2Cl)cc1. The largest absolute Gasteiger partial charge is 0.295 e. The van der Waals surface area contributed by atoms with Gasteiger partial charge in [0.1, 0.15) is 5.69 Å². The summed E-state index contributed by atoms with van der Waals surface area (Å²) in [6.45, 7) is 1.45. The average molecular weight is 467 g/mol. The van der Waals surface area contributed by atoms with Crippen LogP contribution in [-0.4, -0.2) is 21.5 Å². The Morgan fingerprint density at radius 2 is 1.64 bits per heavy atom. The van der Waals surface area contributed by atoms with Crippen molar-refractivity contribution in [3.8, 4) is 0 Å². The van der Waals surface area contributed by atoms with Gasteiger partial charge in [-0.15, -0.1) is 10.2 Å². The highest BCUT2D eigenvalue weighted by Crippen LogP contribution is 2.34. The lowest BCUT2D eigenvalue weighted by molar-refractivity contribution is -0.385. The predicted octanol–water partition coefficient (Wildman–Crippen LogP) is 4.47. The Kier molecular flexibility index (Phi) is 5.63. The lowest BCUT2D eigenvalue weighted by Gasteiger charge is -2.28. The maximum Gasteiger partial charge on any atom is 0.271 e. The fourth-order valence-electron chi connectivity index (χ4n) is 3.14. The number of benzene rings is 3. The van der Waals surface area contributed by atoms with E-state index >= 15 is 0 Å². The third-order valence-corrected chi connectivity index (χ3v) is 5.12. The zero-order chi connectivity index (χ0) is 23.7. The van der Waals surface area contributed by atoms with Gasteiger partial charge >= 0.3 is 0 Å². The molecule has 3 aromatic carbocycles. The minimum Gasteiger partial charge on any atom is -0.295 e. The van der Waals surface area contributed by atoms with Gasteiger partial charge < -0.3 is 0 Å². The molecule has 0 unspecified atom stereocenters. The topological polar surface area (TPSA) is 134 Å². The van der Waals surface area contributed by atoms with Gasteiger partial charge in [0.2, 0.25) is 0 Å². The van der Waals surface area contributed by atoms with Crippen LogP contribution in [0.25, 0.3) is 0 Å². The van der Waals surface area contributed by atoms with Crippen molar-refractivity contribution in [3.63, 3.8) is 0 Å². The monoisotopic (exact) mass is 466 g/mol. The Bertz CT molecular complexity index is 1310. The summed E-state index contributed by atoms with van der Waals surface area (Å²) in [7, 11) is 0. The fraction of sp³-hybridized carbons (Fsp3) is 0.0476. The number of hydrazone groups is 1. The maximum absolute atomic E-state index is 11.6. The van der Waals surface area contributed by atoms with E-state index < -0.39 is 9.85 Å². The first kappa shape index (κ1) is 21.7. The Morgan fingerprint density at radius 3 is 2.27 bits per heavy atom. The molecule has 0 fully saturated rings. The predicted molar refractivity (Wildman–Crippen MR) is 122 cm³/mol. The number of rotatable bonds is 6. The van der Waals surface area contributed by atoms with Gasteiger partial charge in [0.25, 0.3) is 11.4 Å². The maximum atomic E-state index is 11.6. The summed E-state index contributed by atoms with van der Waals surface area (Å²) in [5.74, 6) is 0.139. The third-order valence-electron chi connectivity index (χ3n) is 4.80. The van der Waals surface area contributed by atoms with Crippen molar-refractivity contribution in [2.75, 3.05) is 10.2 Å². The van der Waals surface area contributed by atoms with Gasteiger partial charge in [-0.3, -0.25) is 30.4 Å². The van der Waals surface area contributed by atoms with Crippen molar-refractivity contribution in [1.82, 2.24) is 5.43 Å². The number of anilines is 2. The molecule has 0 saturated carbocycles. The van der Waals surface area contributed by atoms with Crippen molar-refractivity contribution in [1.29, 1.82) is 0 Å². The van der Waals surface area contributed by atoms with Gasteiger partial charge in [0.05, 0.1) is 20.6 Å². The van der Waals surface area contributed by atoms with Crippen molar-refractivity contribution < 1.29 is 14.6 Å². The average Bonchev–Trinajstić information content (AvgIpc) is 3.24. The number of carbonyl (C=O) groups excluding carboxylic acids is 1. The number of halogens is 1. The quantitative estimate of drug-likeness (QED) is 0.319. The molecule has 4 rings (SSSR count). The molecule has 0 spiro atoms. The molecule has 3 aromatic rings. The number of hydrogen-bond donors (Lipinski definition) is 1. The number of nitrogens with one attached hydrogen (secondary N) is 1. The van der Waals surface area contributed by atoms with E-state index in [1.807, 2.05) is 0 Å². The summed E-state index contributed by atoms with van der Waals surface area (Å²) in [6, 6.07) is 16.3. The minimum absolute atomic E-state index is 0.108. The van der Waals surface area contributed by atoms with Crippen LogP contribution in [0.5, 0.6) is 0 Å². The van der Waals surface area contributed by atoms with E-state index in [0.29, 0.717) is 16.8 Å². The highest BCUT2D eigenvalue weighted by atomic mass is 35.5. The van der Waals surface area contributed by atoms with Gasteiger partial charge in [0.15, 0.2) is 11.6 Å².